The van der Waals surface area contributed by atoms with Gasteiger partial charge in [0.25, 0.3) is 11.8 Å². The number of aromatic nitrogens is 1. The van der Waals surface area contributed by atoms with Gasteiger partial charge in [0.15, 0.2) is 0 Å². The predicted molar refractivity (Wildman–Crippen MR) is 130 cm³/mol. The van der Waals surface area contributed by atoms with Crippen molar-refractivity contribution in [2.75, 3.05) is 10.2 Å². The van der Waals surface area contributed by atoms with Crippen LogP contribution in [0, 0.1) is 0 Å². The van der Waals surface area contributed by atoms with E-state index in [0.717, 1.165) is 4.90 Å². The lowest BCUT2D eigenvalue weighted by Crippen LogP contribution is -2.33. The van der Waals surface area contributed by atoms with Crippen LogP contribution in [-0.2, 0) is 11.3 Å². The first-order valence-electron chi connectivity index (χ1n) is 10.5. The highest BCUT2D eigenvalue weighted by atomic mass is 35.5. The van der Waals surface area contributed by atoms with Crippen molar-refractivity contribution in [1.82, 2.24) is 9.88 Å². The first-order chi connectivity index (χ1) is 17.0. The molecule has 1 aliphatic rings. The summed E-state index contributed by atoms with van der Waals surface area (Å²) >= 11 is 5.82. The lowest BCUT2D eigenvalue weighted by atomic mass is 10.1. The molecule has 2 aromatic carbocycles. The summed E-state index contributed by atoms with van der Waals surface area (Å²) in [6, 6.07) is 11.6. The van der Waals surface area contributed by atoms with Crippen molar-refractivity contribution in [2.24, 2.45) is 0 Å². The molecule has 36 heavy (non-hydrogen) atoms. The Morgan fingerprint density at radius 2 is 1.81 bits per heavy atom. The van der Waals surface area contributed by atoms with Gasteiger partial charge >= 0.3 is 11.5 Å². The molecular formula is C24H18ClF3N4O3S. The zero-order chi connectivity index (χ0) is 26.0. The van der Waals surface area contributed by atoms with Gasteiger partial charge in [-0.1, -0.05) is 23.7 Å². The van der Waals surface area contributed by atoms with Gasteiger partial charge in [-0.3, -0.25) is 14.6 Å². The molecule has 2 heterocycles. The molecule has 4 rings (SSSR count). The lowest BCUT2D eigenvalue weighted by molar-refractivity contribution is -0.119. The van der Waals surface area contributed by atoms with E-state index in [1.54, 1.807) is 37.3 Å². The van der Waals surface area contributed by atoms with Gasteiger partial charge in [-0.25, -0.2) is 9.69 Å². The van der Waals surface area contributed by atoms with Crippen molar-refractivity contribution in [3.8, 4) is 0 Å². The molecule has 1 aliphatic heterocycles. The molecule has 0 spiro atoms. The third-order valence-electron chi connectivity index (χ3n) is 5.43. The minimum Gasteiger partial charge on any atom is -0.320 e. The monoisotopic (exact) mass is 534 g/mol. The second kappa shape index (κ2) is 10.2. The highest BCUT2D eigenvalue weighted by Gasteiger charge is 2.43. The Balaban J connectivity index is 1.53. The second-order valence-electron chi connectivity index (χ2n) is 7.77. The maximum atomic E-state index is 13.2. The summed E-state index contributed by atoms with van der Waals surface area (Å²) in [5, 5.41) is 3.00. The van der Waals surface area contributed by atoms with E-state index in [4.69, 9.17) is 11.6 Å². The van der Waals surface area contributed by atoms with Gasteiger partial charge in [-0.2, -0.15) is 13.2 Å². The molecule has 3 aromatic rings. The topological polar surface area (TPSA) is 82.6 Å². The van der Waals surface area contributed by atoms with Gasteiger partial charge in [0.1, 0.15) is 6.04 Å². The minimum absolute atomic E-state index is 0.0229. The molecule has 7 nitrogen and oxygen atoms in total. The van der Waals surface area contributed by atoms with Crippen LogP contribution in [0.3, 0.4) is 0 Å². The van der Waals surface area contributed by atoms with Crippen LogP contribution in [0.5, 0.6) is 0 Å². The quantitative estimate of drug-likeness (QED) is 0.312. The SMILES string of the molecule is CC1C(=O)N(c2ccc(SC(F)(F)F)cc2)C(=O)N1Cc1ccncc1NC(=O)c1ccccc1Cl. The number of hydrogen-bond donors (Lipinski definition) is 1. The number of halogens is 4. The van der Waals surface area contributed by atoms with Crippen molar-refractivity contribution in [3.05, 3.63) is 83.1 Å². The highest BCUT2D eigenvalue weighted by Crippen LogP contribution is 2.38. The summed E-state index contributed by atoms with van der Waals surface area (Å²) in [5.41, 5.74) is -3.17. The Hall–Kier alpha value is -3.57. The lowest BCUT2D eigenvalue weighted by Gasteiger charge is -2.21. The summed E-state index contributed by atoms with van der Waals surface area (Å²) in [6.07, 6.45) is 2.91. The normalized spacial score (nSPS) is 16.0. The largest absolute Gasteiger partial charge is 0.446 e. The first kappa shape index (κ1) is 25.5. The van der Waals surface area contributed by atoms with E-state index in [2.05, 4.69) is 10.3 Å². The fourth-order valence-corrected chi connectivity index (χ4v) is 4.40. The van der Waals surface area contributed by atoms with Crippen LogP contribution in [0.4, 0.5) is 29.3 Å². The van der Waals surface area contributed by atoms with E-state index >= 15 is 0 Å². The van der Waals surface area contributed by atoms with Gasteiger partial charge < -0.3 is 10.2 Å². The molecule has 0 radical (unpaired) electrons. The predicted octanol–water partition coefficient (Wildman–Crippen LogP) is 5.96. The molecule has 186 valence electrons. The smallest absolute Gasteiger partial charge is 0.320 e. The number of imide groups is 1. The zero-order valence-corrected chi connectivity index (χ0v) is 20.2. The van der Waals surface area contributed by atoms with E-state index in [-0.39, 0.29) is 39.5 Å². The molecule has 1 atom stereocenters. The zero-order valence-electron chi connectivity index (χ0n) is 18.6. The van der Waals surface area contributed by atoms with Crippen molar-refractivity contribution >= 4 is 52.6 Å². The van der Waals surface area contributed by atoms with Gasteiger partial charge in [-0.05, 0) is 66.7 Å². The molecule has 12 heteroatoms. The first-order valence-corrected chi connectivity index (χ1v) is 11.7. The number of amides is 4. The van der Waals surface area contributed by atoms with Crippen molar-refractivity contribution < 1.29 is 27.6 Å². The molecule has 4 amide bonds. The van der Waals surface area contributed by atoms with Gasteiger partial charge in [0.2, 0.25) is 0 Å². The highest BCUT2D eigenvalue weighted by molar-refractivity contribution is 8.00. The van der Waals surface area contributed by atoms with E-state index in [9.17, 15) is 27.6 Å². The number of carbonyl (C=O) groups is 3. The number of thioether (sulfide) groups is 1. The maximum Gasteiger partial charge on any atom is 0.446 e. The molecule has 1 fully saturated rings. The fraction of sp³-hybridized carbons (Fsp3) is 0.167. The van der Waals surface area contributed by atoms with Crippen LogP contribution >= 0.6 is 23.4 Å². The number of nitrogens with one attached hydrogen (secondary N) is 1. The van der Waals surface area contributed by atoms with Crippen LogP contribution in [0.1, 0.15) is 22.8 Å². The third kappa shape index (κ3) is 5.47. The van der Waals surface area contributed by atoms with Crippen molar-refractivity contribution in [1.29, 1.82) is 0 Å². The molecule has 1 unspecified atom stereocenters. The number of nitrogens with zero attached hydrogens (tertiary/aromatic N) is 3. The Morgan fingerprint density at radius 3 is 2.47 bits per heavy atom. The summed E-state index contributed by atoms with van der Waals surface area (Å²) in [5.74, 6) is -0.989. The van der Waals surface area contributed by atoms with Crippen LogP contribution in [-0.4, -0.2) is 39.3 Å². The summed E-state index contributed by atoms with van der Waals surface area (Å²) in [6.45, 7) is 1.53. The van der Waals surface area contributed by atoms with Crippen molar-refractivity contribution in [2.45, 2.75) is 29.9 Å². The molecule has 0 aliphatic carbocycles. The van der Waals surface area contributed by atoms with E-state index in [1.165, 1.54) is 41.6 Å². The van der Waals surface area contributed by atoms with E-state index < -0.39 is 29.4 Å². The number of carbonyl (C=O) groups excluding carboxylic acids is 3. The number of anilines is 2. The van der Waals surface area contributed by atoms with E-state index in [0.29, 0.717) is 11.3 Å². The number of urea groups is 1. The molecule has 1 saturated heterocycles. The second-order valence-corrected chi connectivity index (χ2v) is 9.31. The number of hydrogen-bond acceptors (Lipinski definition) is 5. The number of alkyl halides is 3. The Morgan fingerprint density at radius 1 is 1.11 bits per heavy atom. The molecule has 1 aromatic heterocycles. The van der Waals surface area contributed by atoms with Crippen LogP contribution in [0.15, 0.2) is 71.9 Å². The maximum absolute atomic E-state index is 13.2. The van der Waals surface area contributed by atoms with Crippen molar-refractivity contribution in [3.63, 3.8) is 0 Å². The molecule has 1 N–H and O–H groups in total. The van der Waals surface area contributed by atoms with Crippen LogP contribution in [0.25, 0.3) is 0 Å². The number of rotatable bonds is 6. The molecular weight excluding hydrogens is 517 g/mol. The van der Waals surface area contributed by atoms with Gasteiger partial charge in [0.05, 0.1) is 34.7 Å². The van der Waals surface area contributed by atoms with Crippen LogP contribution < -0.4 is 10.2 Å². The third-order valence-corrected chi connectivity index (χ3v) is 6.50. The molecule has 0 bridgehead atoms. The van der Waals surface area contributed by atoms with Gasteiger partial charge in [-0.15, -0.1) is 0 Å². The summed E-state index contributed by atoms with van der Waals surface area (Å²) in [4.78, 5) is 45.0. The average Bonchev–Trinajstić information content (AvgIpc) is 3.03. The minimum atomic E-state index is -4.45. The number of pyridine rings is 1. The molecule has 0 saturated carbocycles. The fourth-order valence-electron chi connectivity index (χ4n) is 3.64. The van der Waals surface area contributed by atoms with Gasteiger partial charge in [0, 0.05) is 11.1 Å². The van der Waals surface area contributed by atoms with E-state index in [1.807, 2.05) is 0 Å². The Bertz CT molecular complexity index is 1320. The summed E-state index contributed by atoms with van der Waals surface area (Å²) in [7, 11) is 0. The number of benzene rings is 2. The Kier molecular flexibility index (Phi) is 7.23. The standard InChI is InChI=1S/C24H18ClF3N4O3S/c1-14-22(34)32(16-6-8-17(9-7-16)36-24(26,27)28)23(35)31(14)13-15-10-11-29-12-20(15)30-21(33)18-4-2-3-5-19(18)25/h2-12,14H,13H2,1H3,(H,30,33). The average molecular weight is 535 g/mol. The van der Waals surface area contributed by atoms with Crippen LogP contribution in [0.2, 0.25) is 5.02 Å². The summed E-state index contributed by atoms with van der Waals surface area (Å²) < 4.78 is 37.8. The Labute approximate surface area is 213 Å².